The third-order valence-electron chi connectivity index (χ3n) is 2.52. The molecule has 0 spiro atoms. The minimum atomic E-state index is -0.298. The first-order valence-corrected chi connectivity index (χ1v) is 7.31. The Bertz CT molecular complexity index is 726. The van der Waals surface area contributed by atoms with Crippen molar-refractivity contribution in [3.05, 3.63) is 45.8 Å². The zero-order valence-corrected chi connectivity index (χ0v) is 12.5. The van der Waals surface area contributed by atoms with Gasteiger partial charge < -0.3 is 10.2 Å². The van der Waals surface area contributed by atoms with Crippen molar-refractivity contribution in [1.29, 1.82) is 0 Å². The van der Waals surface area contributed by atoms with E-state index in [0.29, 0.717) is 25.0 Å². The number of oxazole rings is 1. The molecule has 3 aromatic rings. The SMILES string of the molecule is Nc1cc(I)c(F)cc1Sc1nc2ccccc2o1. The summed E-state index contributed by atoms with van der Waals surface area (Å²) in [4.78, 5) is 4.92. The Kier molecular flexibility index (Phi) is 3.36. The standard InChI is InChI=1S/C13H8FIN2OS/c14-7-5-12(9(16)6-8(7)15)19-13-17-10-3-1-2-4-11(10)18-13/h1-6H,16H2. The molecule has 0 bridgehead atoms. The van der Waals surface area contributed by atoms with Crippen molar-refractivity contribution >= 4 is 51.1 Å². The van der Waals surface area contributed by atoms with Crippen LogP contribution in [-0.2, 0) is 0 Å². The van der Waals surface area contributed by atoms with E-state index in [1.54, 1.807) is 6.07 Å². The first kappa shape index (κ1) is 12.7. The van der Waals surface area contributed by atoms with Crippen LogP contribution in [0.2, 0.25) is 0 Å². The van der Waals surface area contributed by atoms with Crippen LogP contribution in [0.1, 0.15) is 0 Å². The van der Waals surface area contributed by atoms with E-state index < -0.39 is 0 Å². The quantitative estimate of drug-likeness (QED) is 0.527. The third kappa shape index (κ3) is 2.55. The number of anilines is 1. The number of aromatic nitrogens is 1. The number of nitrogens with zero attached hydrogens (tertiary/aromatic N) is 1. The van der Waals surface area contributed by atoms with Crippen LogP contribution in [0.4, 0.5) is 10.1 Å². The predicted molar refractivity (Wildman–Crippen MR) is 81.7 cm³/mol. The Labute approximate surface area is 126 Å². The second kappa shape index (κ2) is 5.01. The summed E-state index contributed by atoms with van der Waals surface area (Å²) >= 11 is 3.12. The van der Waals surface area contributed by atoms with Crippen LogP contribution in [0.15, 0.2) is 50.9 Å². The maximum absolute atomic E-state index is 13.5. The first-order valence-electron chi connectivity index (χ1n) is 5.41. The highest BCUT2D eigenvalue weighted by Gasteiger charge is 2.11. The second-order valence-electron chi connectivity index (χ2n) is 3.85. The number of hydrogen-bond acceptors (Lipinski definition) is 4. The summed E-state index contributed by atoms with van der Waals surface area (Å²) in [6.07, 6.45) is 0. The lowest BCUT2D eigenvalue weighted by Gasteiger charge is -2.04. The van der Waals surface area contributed by atoms with Crippen molar-refractivity contribution in [3.8, 4) is 0 Å². The minimum Gasteiger partial charge on any atom is -0.431 e. The summed E-state index contributed by atoms with van der Waals surface area (Å²) in [7, 11) is 0. The van der Waals surface area contributed by atoms with Crippen molar-refractivity contribution in [2.45, 2.75) is 10.1 Å². The molecular weight excluding hydrogens is 378 g/mol. The lowest BCUT2D eigenvalue weighted by atomic mass is 10.3. The minimum absolute atomic E-state index is 0.298. The van der Waals surface area contributed by atoms with E-state index in [1.165, 1.54) is 17.8 Å². The predicted octanol–water partition coefficient (Wildman–Crippen LogP) is 4.30. The Hall–Kier alpha value is -1.28. The Balaban J connectivity index is 1.98. The fraction of sp³-hybridized carbons (Fsp3) is 0. The maximum atomic E-state index is 13.5. The van der Waals surface area contributed by atoms with Gasteiger partial charge in [0.05, 0.1) is 3.57 Å². The molecule has 0 atom stereocenters. The number of halogens is 2. The van der Waals surface area contributed by atoms with E-state index in [1.807, 2.05) is 46.9 Å². The normalized spacial score (nSPS) is 11.1. The molecule has 0 fully saturated rings. The number of nitrogens with two attached hydrogens (primary N) is 1. The molecule has 1 heterocycles. The van der Waals surface area contributed by atoms with Crippen LogP contribution in [-0.4, -0.2) is 4.98 Å². The smallest absolute Gasteiger partial charge is 0.261 e. The highest BCUT2D eigenvalue weighted by molar-refractivity contribution is 14.1. The summed E-state index contributed by atoms with van der Waals surface area (Å²) in [6.45, 7) is 0. The molecule has 0 radical (unpaired) electrons. The van der Waals surface area contributed by atoms with Crippen LogP contribution in [0, 0.1) is 9.39 Å². The molecule has 0 aliphatic rings. The van der Waals surface area contributed by atoms with Gasteiger partial charge in [0.2, 0.25) is 0 Å². The molecule has 3 nitrogen and oxygen atoms in total. The van der Waals surface area contributed by atoms with Crippen molar-refractivity contribution in [2.75, 3.05) is 5.73 Å². The van der Waals surface area contributed by atoms with Crippen LogP contribution in [0.25, 0.3) is 11.1 Å². The monoisotopic (exact) mass is 386 g/mol. The zero-order chi connectivity index (χ0) is 13.4. The number of hydrogen-bond donors (Lipinski definition) is 1. The van der Waals surface area contributed by atoms with Gasteiger partial charge in [-0.05, 0) is 58.6 Å². The molecule has 0 aliphatic carbocycles. The molecule has 0 amide bonds. The maximum Gasteiger partial charge on any atom is 0.261 e. The van der Waals surface area contributed by atoms with Gasteiger partial charge in [0, 0.05) is 10.6 Å². The summed E-state index contributed by atoms with van der Waals surface area (Å²) in [5, 5.41) is 0.452. The van der Waals surface area contributed by atoms with Crippen molar-refractivity contribution in [3.63, 3.8) is 0 Å². The molecule has 0 saturated carbocycles. The lowest BCUT2D eigenvalue weighted by Crippen LogP contribution is -1.92. The third-order valence-corrected chi connectivity index (χ3v) is 4.27. The van der Waals surface area contributed by atoms with Gasteiger partial charge in [0.1, 0.15) is 11.3 Å². The molecule has 6 heteroatoms. The van der Waals surface area contributed by atoms with Crippen LogP contribution in [0.3, 0.4) is 0 Å². The lowest BCUT2D eigenvalue weighted by molar-refractivity contribution is 0.489. The Morgan fingerprint density at radius 1 is 1.26 bits per heavy atom. The largest absolute Gasteiger partial charge is 0.431 e. The molecule has 0 aliphatic heterocycles. The molecule has 3 rings (SSSR count). The molecule has 0 unspecified atom stereocenters. The van der Waals surface area contributed by atoms with E-state index in [9.17, 15) is 4.39 Å². The average molecular weight is 386 g/mol. The van der Waals surface area contributed by atoms with Gasteiger partial charge in [-0.3, -0.25) is 0 Å². The molecular formula is C13H8FIN2OS. The van der Waals surface area contributed by atoms with Gasteiger partial charge in [0.25, 0.3) is 5.22 Å². The van der Waals surface area contributed by atoms with Crippen molar-refractivity contribution < 1.29 is 8.81 Å². The molecule has 1 aromatic heterocycles. The number of rotatable bonds is 2. The van der Waals surface area contributed by atoms with Crippen LogP contribution >= 0.6 is 34.4 Å². The molecule has 2 N–H and O–H groups in total. The van der Waals surface area contributed by atoms with Gasteiger partial charge in [-0.25, -0.2) is 9.37 Å². The summed E-state index contributed by atoms with van der Waals surface area (Å²) < 4.78 is 19.6. The van der Waals surface area contributed by atoms with Crippen LogP contribution in [0.5, 0.6) is 0 Å². The molecule has 19 heavy (non-hydrogen) atoms. The first-order chi connectivity index (χ1) is 9.13. The summed E-state index contributed by atoms with van der Waals surface area (Å²) in [5.41, 5.74) is 7.86. The van der Waals surface area contributed by atoms with Crippen molar-refractivity contribution in [2.24, 2.45) is 0 Å². The van der Waals surface area contributed by atoms with Gasteiger partial charge in [0.15, 0.2) is 5.58 Å². The van der Waals surface area contributed by atoms with E-state index in [2.05, 4.69) is 4.98 Å². The highest BCUT2D eigenvalue weighted by atomic mass is 127. The van der Waals surface area contributed by atoms with Gasteiger partial charge in [-0.2, -0.15) is 0 Å². The Morgan fingerprint density at radius 2 is 2.05 bits per heavy atom. The molecule has 2 aromatic carbocycles. The fourth-order valence-corrected chi connectivity index (χ4v) is 2.92. The average Bonchev–Trinajstić information content (AvgIpc) is 2.78. The number of fused-ring (bicyclic) bond motifs is 1. The van der Waals surface area contributed by atoms with E-state index in [4.69, 9.17) is 10.2 Å². The molecule has 96 valence electrons. The highest BCUT2D eigenvalue weighted by Crippen LogP contribution is 2.34. The zero-order valence-electron chi connectivity index (χ0n) is 9.56. The fourth-order valence-electron chi connectivity index (χ4n) is 1.62. The van der Waals surface area contributed by atoms with Crippen LogP contribution < -0.4 is 5.73 Å². The van der Waals surface area contributed by atoms with E-state index >= 15 is 0 Å². The topological polar surface area (TPSA) is 52.0 Å². The van der Waals surface area contributed by atoms with Gasteiger partial charge in [-0.1, -0.05) is 12.1 Å². The van der Waals surface area contributed by atoms with Crippen molar-refractivity contribution in [1.82, 2.24) is 4.98 Å². The van der Waals surface area contributed by atoms with E-state index in [0.717, 1.165) is 5.52 Å². The second-order valence-corrected chi connectivity index (χ2v) is 6.01. The summed E-state index contributed by atoms with van der Waals surface area (Å²) in [5.74, 6) is -0.298. The van der Waals surface area contributed by atoms with E-state index in [-0.39, 0.29) is 5.82 Å². The summed E-state index contributed by atoms with van der Waals surface area (Å²) in [6, 6.07) is 10.5. The van der Waals surface area contributed by atoms with Gasteiger partial charge in [-0.15, -0.1) is 0 Å². The number of benzene rings is 2. The number of nitrogen functional groups attached to an aromatic ring is 1. The number of para-hydroxylation sites is 2. The van der Waals surface area contributed by atoms with Gasteiger partial charge >= 0.3 is 0 Å². The molecule has 0 saturated heterocycles. The Morgan fingerprint density at radius 3 is 2.84 bits per heavy atom.